The number of hydrogen-bond acceptors (Lipinski definition) is 0. The van der Waals surface area contributed by atoms with E-state index in [4.69, 9.17) is 0 Å². The van der Waals surface area contributed by atoms with E-state index >= 15 is 0 Å². The van der Waals surface area contributed by atoms with Gasteiger partial charge < -0.3 is 0 Å². The minimum absolute atomic E-state index is 0. The van der Waals surface area contributed by atoms with Gasteiger partial charge in [-0.3, -0.25) is 0 Å². The van der Waals surface area contributed by atoms with Crippen molar-refractivity contribution in [3.8, 4) is 0 Å². The van der Waals surface area contributed by atoms with Gasteiger partial charge in [0.1, 0.15) is 0 Å². The van der Waals surface area contributed by atoms with Crippen molar-refractivity contribution in [1.82, 2.24) is 0 Å². The molecule has 0 heterocycles. The molecule has 0 aromatic carbocycles. The second-order valence-electron chi connectivity index (χ2n) is 0. The largest absolute Gasteiger partial charge is 0 e. The third-order valence-electron chi connectivity index (χ3n) is 0. The van der Waals surface area contributed by atoms with Crippen LogP contribution in [0.25, 0.3) is 0 Å². The number of hydrogen-bond donors (Lipinski definition) is 0. The first-order valence-electron chi connectivity index (χ1n) is 0. The van der Waals surface area contributed by atoms with Gasteiger partial charge in [-0.25, -0.2) is 0 Å². The van der Waals surface area contributed by atoms with Crippen LogP contribution in [-0.2, 0) is 72.0 Å². The van der Waals surface area contributed by atoms with E-state index in [0.29, 0.717) is 0 Å². The van der Waals surface area contributed by atoms with E-state index in [9.17, 15) is 0 Å². The second-order valence-corrected chi connectivity index (χ2v) is 0. The van der Waals surface area contributed by atoms with Gasteiger partial charge in [-0.2, -0.15) is 0 Å². The molecule has 0 amide bonds. The van der Waals surface area contributed by atoms with Crippen LogP contribution in [0.15, 0.2) is 0 Å². The Hall–Kier alpha value is 2.45. The van der Waals surface area contributed by atoms with Gasteiger partial charge in [0.2, 0.25) is 0 Å². The van der Waals surface area contributed by atoms with Crippen molar-refractivity contribution in [2.75, 3.05) is 0 Å². The Labute approximate surface area is 82.0 Å². The van der Waals surface area contributed by atoms with Crippen molar-refractivity contribution in [3.05, 3.63) is 0 Å². The predicted octanol–water partition coefficient (Wildman–Crippen LogP) is -0.391. The maximum Gasteiger partial charge on any atom is 0 e. The SMILES string of the molecule is [Cr].[Fe].[Mo].[Ni].[Si]. The van der Waals surface area contributed by atoms with Crippen LogP contribution in [0.4, 0.5) is 0 Å². The summed E-state index contributed by atoms with van der Waals surface area (Å²) in [7, 11) is 0. The second kappa shape index (κ2) is 31.9. The van der Waals surface area contributed by atoms with Crippen LogP contribution in [0.2, 0.25) is 0 Å². The van der Waals surface area contributed by atoms with E-state index in [2.05, 4.69) is 0 Å². The van der Waals surface area contributed by atoms with E-state index in [1.54, 1.807) is 0 Å². The molecule has 5 heteroatoms. The summed E-state index contributed by atoms with van der Waals surface area (Å²) >= 11 is 0. The average molecular weight is 291 g/mol. The Bertz CT molecular complexity index is 11.6. The summed E-state index contributed by atoms with van der Waals surface area (Å²) in [5, 5.41) is 0. The molecular weight excluding hydrogens is 291 g/mol. The first-order valence-corrected chi connectivity index (χ1v) is 0. The van der Waals surface area contributed by atoms with Gasteiger partial charge in [0.05, 0.1) is 0 Å². The zero-order chi connectivity index (χ0) is 0. The van der Waals surface area contributed by atoms with E-state index in [1.807, 2.05) is 0 Å². The van der Waals surface area contributed by atoms with Crippen molar-refractivity contribution in [2.24, 2.45) is 0 Å². The fraction of sp³-hybridized carbons (Fsp3) is 0. The summed E-state index contributed by atoms with van der Waals surface area (Å²) in [4.78, 5) is 0. The van der Waals surface area contributed by atoms with Gasteiger partial charge in [-0.15, -0.1) is 0 Å². The summed E-state index contributed by atoms with van der Waals surface area (Å²) in [6.07, 6.45) is 0. The van der Waals surface area contributed by atoms with Crippen LogP contribution in [-0.4, -0.2) is 11.0 Å². The Morgan fingerprint density at radius 2 is 1.00 bits per heavy atom. The van der Waals surface area contributed by atoms with E-state index in [0.717, 1.165) is 0 Å². The monoisotopic (exact) mass is 292 g/mol. The molecule has 0 saturated carbocycles. The van der Waals surface area contributed by atoms with Gasteiger partial charge in [-0.05, 0) is 0 Å². The zero-order valence-electron chi connectivity index (χ0n) is 1.99. The standard InChI is InChI=1S/Cr.Fe.Mo.Ni.Si. The Balaban J connectivity index is 0. The maximum atomic E-state index is 0. The van der Waals surface area contributed by atoms with Crippen molar-refractivity contribution in [2.45, 2.75) is 0 Å². The molecule has 0 unspecified atom stereocenters. The van der Waals surface area contributed by atoms with Gasteiger partial charge in [0.25, 0.3) is 0 Å². The molecule has 4 radical (unpaired) electrons. The molecule has 0 aliphatic rings. The van der Waals surface area contributed by atoms with Crippen LogP contribution in [0, 0.1) is 0 Å². The smallest absolute Gasteiger partial charge is 0 e. The predicted molar refractivity (Wildman–Crippen MR) is 5.75 cm³/mol. The van der Waals surface area contributed by atoms with E-state index in [1.165, 1.54) is 0 Å². The van der Waals surface area contributed by atoms with Crippen molar-refractivity contribution < 1.29 is 72.0 Å². The molecule has 0 aromatic heterocycles. The molecule has 0 bridgehead atoms. The van der Waals surface area contributed by atoms with Crippen LogP contribution in [0.3, 0.4) is 0 Å². The fourth-order valence-electron chi connectivity index (χ4n) is 0. The Morgan fingerprint density at radius 1 is 1.00 bits per heavy atom. The Morgan fingerprint density at radius 3 is 1.00 bits per heavy atom. The van der Waals surface area contributed by atoms with Crippen LogP contribution < -0.4 is 0 Å². The number of rotatable bonds is 0. The third-order valence-corrected chi connectivity index (χ3v) is 0. The molecule has 0 N–H and O–H groups in total. The fourth-order valence-corrected chi connectivity index (χ4v) is 0. The van der Waals surface area contributed by atoms with Crippen LogP contribution in [0.1, 0.15) is 0 Å². The normalized spacial score (nSPS) is 0. The van der Waals surface area contributed by atoms with Gasteiger partial charge in [0.15, 0.2) is 0 Å². The van der Waals surface area contributed by atoms with Gasteiger partial charge >= 0.3 is 0 Å². The van der Waals surface area contributed by atoms with Crippen molar-refractivity contribution >= 4 is 11.0 Å². The first kappa shape index (κ1) is 51.6. The average Bonchev–Trinajstić information content (AvgIpc) is 0. The summed E-state index contributed by atoms with van der Waals surface area (Å²) in [5.41, 5.74) is 0. The topological polar surface area (TPSA) is 0 Å². The molecule has 0 nitrogen and oxygen atoms in total. The van der Waals surface area contributed by atoms with Crippen LogP contribution >= 0.6 is 0 Å². The summed E-state index contributed by atoms with van der Waals surface area (Å²) in [6.45, 7) is 0. The minimum Gasteiger partial charge on any atom is 0 e. The van der Waals surface area contributed by atoms with E-state index in [-0.39, 0.29) is 83.0 Å². The molecule has 0 spiro atoms. The quantitative estimate of drug-likeness (QED) is 0.533. The van der Waals surface area contributed by atoms with Crippen LogP contribution in [0.5, 0.6) is 0 Å². The molecule has 34 valence electrons. The van der Waals surface area contributed by atoms with E-state index < -0.39 is 0 Å². The molecule has 0 saturated heterocycles. The van der Waals surface area contributed by atoms with Gasteiger partial charge in [0, 0.05) is 83.0 Å². The first-order chi connectivity index (χ1) is 0. The molecule has 0 fully saturated rings. The van der Waals surface area contributed by atoms with Crippen molar-refractivity contribution in [1.29, 1.82) is 0 Å². The molecule has 0 aromatic rings. The Kier molecular flexibility index (Phi) is 329. The molecule has 5 heavy (non-hydrogen) atoms. The summed E-state index contributed by atoms with van der Waals surface area (Å²) in [6, 6.07) is 0. The van der Waals surface area contributed by atoms with Crippen molar-refractivity contribution in [3.63, 3.8) is 0 Å². The molecule has 0 aliphatic carbocycles. The summed E-state index contributed by atoms with van der Waals surface area (Å²) in [5.74, 6) is 0. The zero-order valence-corrected chi connectivity index (χ0v) is 8.36. The third kappa shape index (κ3) is 21.3. The molecule has 0 aliphatic heterocycles. The molecular formula is CrFeMoNiSi. The minimum atomic E-state index is 0. The maximum absolute atomic E-state index is 0. The molecule has 0 rings (SSSR count). The van der Waals surface area contributed by atoms with Gasteiger partial charge in [-0.1, -0.05) is 0 Å². The molecule has 0 atom stereocenters. The summed E-state index contributed by atoms with van der Waals surface area (Å²) < 4.78 is 0.